The zero-order valence-electron chi connectivity index (χ0n) is 63.1. The van der Waals surface area contributed by atoms with E-state index in [0.717, 1.165) is 180 Å². The summed E-state index contributed by atoms with van der Waals surface area (Å²) >= 11 is 0. The van der Waals surface area contributed by atoms with Gasteiger partial charge in [-0.2, -0.15) is 0 Å². The van der Waals surface area contributed by atoms with E-state index in [-0.39, 0.29) is 25.7 Å². The molecule has 0 aliphatic carbocycles. The van der Waals surface area contributed by atoms with Crippen LogP contribution in [0.2, 0.25) is 0 Å². The summed E-state index contributed by atoms with van der Waals surface area (Å²) in [6, 6.07) is 0. The molecule has 0 aromatic heterocycles. The molecule has 17 nitrogen and oxygen atoms in total. The van der Waals surface area contributed by atoms with Gasteiger partial charge in [0.1, 0.15) is 19.3 Å². The molecule has 0 aromatic carbocycles. The second-order valence-corrected chi connectivity index (χ2v) is 29.2. The molecule has 0 rings (SSSR count). The summed E-state index contributed by atoms with van der Waals surface area (Å²) in [7, 11) is -9.96. The van der Waals surface area contributed by atoms with Gasteiger partial charge in [0.15, 0.2) is 12.2 Å². The summed E-state index contributed by atoms with van der Waals surface area (Å²) < 4.78 is 68.5. The van der Waals surface area contributed by atoms with Crippen LogP contribution >= 0.6 is 15.6 Å². The smallest absolute Gasteiger partial charge is 0.462 e. The van der Waals surface area contributed by atoms with Crippen molar-refractivity contribution in [2.45, 2.75) is 354 Å². The van der Waals surface area contributed by atoms with Crippen molar-refractivity contribution in [1.29, 1.82) is 0 Å². The number of unbranched alkanes of at least 4 members (excludes halogenated alkanes) is 32. The van der Waals surface area contributed by atoms with Crippen LogP contribution < -0.4 is 0 Å². The van der Waals surface area contributed by atoms with E-state index in [1.807, 2.05) is 0 Å². The summed E-state index contributed by atoms with van der Waals surface area (Å²) in [5.41, 5.74) is 0. The SMILES string of the molecule is CC/C=C\C/C=C\C/C=C\CCCCCCCC(=O)OCC(COP(=O)(O)OCC(O)COP(=O)(O)OCC(COC(=O)CCCCCCCC/C=C\C/C=C\C/C=C\CCCCC)OC(=O)CCCCCCC/C=C\C/C=C\CCCCC)OC(=O)CCCCCCCCCCCCC. The summed E-state index contributed by atoms with van der Waals surface area (Å²) in [5.74, 6) is -2.21. The number of esters is 4. The highest BCUT2D eigenvalue weighted by atomic mass is 31.2. The maximum absolute atomic E-state index is 13.1. The Morgan fingerprint density at radius 1 is 0.290 bits per heavy atom. The van der Waals surface area contributed by atoms with Crippen molar-refractivity contribution in [2.24, 2.45) is 0 Å². The zero-order chi connectivity index (χ0) is 73.2. The van der Waals surface area contributed by atoms with Gasteiger partial charge in [0.05, 0.1) is 26.4 Å². The van der Waals surface area contributed by atoms with Gasteiger partial charge in [0, 0.05) is 25.7 Å². The monoisotopic (exact) mass is 1450 g/mol. The fourth-order valence-corrected chi connectivity index (χ4v) is 12.1. The second kappa shape index (κ2) is 73.3. The van der Waals surface area contributed by atoms with E-state index in [9.17, 15) is 43.2 Å². The minimum atomic E-state index is -4.98. The number of ether oxygens (including phenoxy) is 4. The average molecular weight is 1450 g/mol. The Hall–Kier alpha value is -4.02. The van der Waals surface area contributed by atoms with Gasteiger partial charge in [0.2, 0.25) is 0 Å². The first-order chi connectivity index (χ1) is 48.7. The molecule has 0 aliphatic rings. The largest absolute Gasteiger partial charge is 0.472 e. The second-order valence-electron chi connectivity index (χ2n) is 26.3. The third-order valence-corrected chi connectivity index (χ3v) is 18.4. The molecule has 0 heterocycles. The van der Waals surface area contributed by atoms with Crippen molar-refractivity contribution in [2.75, 3.05) is 39.6 Å². The van der Waals surface area contributed by atoms with Crippen molar-refractivity contribution in [3.05, 3.63) is 97.2 Å². The molecule has 0 spiro atoms. The highest BCUT2D eigenvalue weighted by Crippen LogP contribution is 2.45. The number of hydrogen-bond acceptors (Lipinski definition) is 15. The number of aliphatic hydroxyl groups excluding tert-OH is 1. The van der Waals surface area contributed by atoms with Gasteiger partial charge < -0.3 is 33.8 Å². The molecular formula is C81H142O17P2. The Bertz CT molecular complexity index is 2270. The van der Waals surface area contributed by atoms with Gasteiger partial charge >= 0.3 is 39.5 Å². The number of phosphoric ester groups is 2. The molecule has 5 unspecified atom stereocenters. The lowest BCUT2D eigenvalue weighted by Crippen LogP contribution is -2.30. The molecule has 0 saturated heterocycles. The van der Waals surface area contributed by atoms with Crippen molar-refractivity contribution < 1.29 is 80.2 Å². The van der Waals surface area contributed by atoms with Crippen LogP contribution in [0.5, 0.6) is 0 Å². The highest BCUT2D eigenvalue weighted by molar-refractivity contribution is 7.47. The van der Waals surface area contributed by atoms with Crippen LogP contribution in [-0.2, 0) is 65.4 Å². The summed E-state index contributed by atoms with van der Waals surface area (Å²) in [4.78, 5) is 72.9. The molecule has 100 heavy (non-hydrogen) atoms. The number of carbonyl (C=O) groups is 4. The number of hydrogen-bond donors (Lipinski definition) is 3. The van der Waals surface area contributed by atoms with Crippen LogP contribution in [0, 0.1) is 0 Å². The van der Waals surface area contributed by atoms with Gasteiger partial charge in [-0.15, -0.1) is 0 Å². The van der Waals surface area contributed by atoms with Gasteiger partial charge in [-0.1, -0.05) is 279 Å². The maximum atomic E-state index is 13.1. The predicted octanol–water partition coefficient (Wildman–Crippen LogP) is 22.8. The van der Waals surface area contributed by atoms with E-state index in [0.29, 0.717) is 25.7 Å². The van der Waals surface area contributed by atoms with Crippen LogP contribution in [-0.4, -0.2) is 96.7 Å². The van der Waals surface area contributed by atoms with E-state index in [2.05, 4.69) is 125 Å². The molecule has 578 valence electrons. The number of allylic oxidation sites excluding steroid dienone is 16. The number of carbonyl (C=O) groups excluding carboxylic acids is 4. The Labute approximate surface area is 607 Å². The maximum Gasteiger partial charge on any atom is 0.472 e. The van der Waals surface area contributed by atoms with Crippen molar-refractivity contribution >= 4 is 39.5 Å². The fourth-order valence-electron chi connectivity index (χ4n) is 10.5. The molecule has 0 aliphatic heterocycles. The van der Waals surface area contributed by atoms with E-state index in [4.69, 9.17) is 37.0 Å². The summed E-state index contributed by atoms with van der Waals surface area (Å²) in [5, 5.41) is 10.6. The normalized spacial score (nSPS) is 14.4. The number of aliphatic hydroxyl groups is 1. The van der Waals surface area contributed by atoms with Crippen LogP contribution in [0.25, 0.3) is 0 Å². The Kier molecular flexibility index (Phi) is 70.4. The first kappa shape index (κ1) is 96.0. The highest BCUT2D eigenvalue weighted by Gasteiger charge is 2.30. The van der Waals surface area contributed by atoms with Crippen LogP contribution in [0.1, 0.15) is 336 Å². The Morgan fingerprint density at radius 3 is 0.820 bits per heavy atom. The quantitative estimate of drug-likeness (QED) is 0.0169. The third kappa shape index (κ3) is 72.3. The summed E-state index contributed by atoms with van der Waals surface area (Å²) in [6.07, 6.45) is 76.7. The van der Waals surface area contributed by atoms with E-state index < -0.39 is 97.5 Å². The van der Waals surface area contributed by atoms with Crippen LogP contribution in [0.4, 0.5) is 0 Å². The standard InChI is InChI=1S/C81H142O17P2/c1-5-9-13-17-21-25-29-32-35-36-37-38-41-43-47-50-54-58-62-66-79(84)92-72-77(98-81(86)68-64-60-56-52-48-44-40-34-31-27-23-19-15-11-7-3)74-96-100(89,90)94-70-75(82)69-93-99(87,88)95-73-76(97-80(85)67-63-59-55-51-45-28-24-20-16-12-8-4)71-91-78(83)65-61-57-53-49-46-42-39-33-30-26-22-18-14-10-6-2/h10,14,21-23,25-27,32-35,37-40,75-77,82H,5-9,11-13,15-20,24,28-31,36,41-74H2,1-4H3,(H,87,88)(H,89,90)/b14-10-,25-21-,26-22-,27-23-,35-32-,38-37-,39-33-,40-34-. The Morgan fingerprint density at radius 2 is 0.520 bits per heavy atom. The summed E-state index contributed by atoms with van der Waals surface area (Å²) in [6.45, 7) is 4.68. The molecule has 0 saturated carbocycles. The van der Waals surface area contributed by atoms with Gasteiger partial charge in [0.25, 0.3) is 0 Å². The first-order valence-electron chi connectivity index (χ1n) is 39.5. The van der Waals surface area contributed by atoms with Crippen molar-refractivity contribution in [3.8, 4) is 0 Å². The van der Waals surface area contributed by atoms with Crippen molar-refractivity contribution in [1.82, 2.24) is 0 Å². The molecule has 0 amide bonds. The van der Waals surface area contributed by atoms with Gasteiger partial charge in [-0.05, 0) is 128 Å². The number of phosphoric acid groups is 2. The van der Waals surface area contributed by atoms with Crippen LogP contribution in [0.3, 0.4) is 0 Å². The van der Waals surface area contributed by atoms with Gasteiger partial charge in [-0.25, -0.2) is 9.13 Å². The molecule has 19 heteroatoms. The van der Waals surface area contributed by atoms with E-state index in [1.54, 1.807) is 0 Å². The topological polar surface area (TPSA) is 237 Å². The van der Waals surface area contributed by atoms with Crippen molar-refractivity contribution in [3.63, 3.8) is 0 Å². The molecule has 5 atom stereocenters. The minimum Gasteiger partial charge on any atom is -0.462 e. The molecule has 0 aromatic rings. The van der Waals surface area contributed by atoms with Gasteiger partial charge in [-0.3, -0.25) is 37.3 Å². The lowest BCUT2D eigenvalue weighted by molar-refractivity contribution is -0.161. The fraction of sp³-hybridized carbons (Fsp3) is 0.753. The zero-order valence-corrected chi connectivity index (χ0v) is 64.9. The number of rotatable bonds is 74. The predicted molar refractivity (Wildman–Crippen MR) is 409 cm³/mol. The average Bonchev–Trinajstić information content (AvgIpc) is 0.945. The Balaban J connectivity index is 5.34. The lowest BCUT2D eigenvalue weighted by atomic mass is 10.1. The molecule has 3 N–H and O–H groups in total. The lowest BCUT2D eigenvalue weighted by Gasteiger charge is -2.21. The molecule has 0 bridgehead atoms. The molecular weight excluding hydrogens is 1310 g/mol. The van der Waals surface area contributed by atoms with E-state index in [1.165, 1.54) is 77.0 Å². The van der Waals surface area contributed by atoms with Crippen LogP contribution in [0.15, 0.2) is 97.2 Å². The first-order valence-corrected chi connectivity index (χ1v) is 42.5. The molecule has 0 fully saturated rings. The van der Waals surface area contributed by atoms with E-state index >= 15 is 0 Å². The third-order valence-electron chi connectivity index (χ3n) is 16.5. The molecule has 0 radical (unpaired) electrons. The minimum absolute atomic E-state index is 0.0763.